The first kappa shape index (κ1) is 22.5. The van der Waals surface area contributed by atoms with Gasteiger partial charge in [0.15, 0.2) is 0 Å². The van der Waals surface area contributed by atoms with Crippen LogP contribution in [0.15, 0.2) is 36.7 Å². The van der Waals surface area contributed by atoms with Gasteiger partial charge in [-0.15, -0.1) is 0 Å². The number of rotatable bonds is 6. The number of pyridine rings is 1. The number of hydrogen-bond acceptors (Lipinski definition) is 4. The smallest absolute Gasteiger partial charge is 0.251 e. The van der Waals surface area contributed by atoms with Gasteiger partial charge >= 0.3 is 0 Å². The van der Waals surface area contributed by atoms with Crippen LogP contribution in [0.3, 0.4) is 0 Å². The summed E-state index contributed by atoms with van der Waals surface area (Å²) >= 11 is 0. The van der Waals surface area contributed by atoms with Crippen molar-refractivity contribution >= 4 is 5.91 Å². The monoisotopic (exact) mass is 426 g/mol. The van der Waals surface area contributed by atoms with Gasteiger partial charge in [-0.25, -0.2) is 0 Å². The molecule has 1 amide bonds. The van der Waals surface area contributed by atoms with E-state index in [-0.39, 0.29) is 24.0 Å². The second-order valence-corrected chi connectivity index (χ2v) is 10.4. The summed E-state index contributed by atoms with van der Waals surface area (Å²) in [5.41, 5.74) is 2.20. The summed E-state index contributed by atoms with van der Waals surface area (Å²) in [4.78, 5) is 16.8. The standard InChI is InChI=1S/C26H38N2O3/c1-17-3-6-24-23(16-28-25(31)18-8-12-27-13-9-18)22(7-11-26(17,24)2)21-5-4-20(30)15-19(21)10-14-29/h8-9,12-13,19-24,29-30H,1,3-7,10-11,14-16H2,2H3,(H,28,31)/t19-,20-,21+,22+,23+,24-,26+/m0/s1. The van der Waals surface area contributed by atoms with Gasteiger partial charge in [-0.2, -0.15) is 0 Å². The minimum Gasteiger partial charge on any atom is -0.396 e. The first-order chi connectivity index (χ1) is 14.9. The Kier molecular flexibility index (Phi) is 6.83. The third-order valence-corrected chi connectivity index (χ3v) is 8.95. The van der Waals surface area contributed by atoms with E-state index in [1.165, 1.54) is 12.0 Å². The van der Waals surface area contributed by atoms with Crippen LogP contribution in [-0.2, 0) is 0 Å². The molecule has 1 aromatic rings. The molecular formula is C26H38N2O3. The van der Waals surface area contributed by atoms with Crippen molar-refractivity contribution in [2.24, 2.45) is 35.0 Å². The van der Waals surface area contributed by atoms with Gasteiger partial charge in [0.25, 0.3) is 5.91 Å². The van der Waals surface area contributed by atoms with Gasteiger partial charge in [0, 0.05) is 31.1 Å². The van der Waals surface area contributed by atoms with Crippen molar-refractivity contribution in [1.82, 2.24) is 10.3 Å². The summed E-state index contributed by atoms with van der Waals surface area (Å²) < 4.78 is 0. The quantitative estimate of drug-likeness (QED) is 0.601. The number of carbonyl (C=O) groups is 1. The maximum Gasteiger partial charge on any atom is 0.251 e. The van der Waals surface area contributed by atoms with Gasteiger partial charge in [-0.05, 0) is 98.5 Å². The van der Waals surface area contributed by atoms with Crippen molar-refractivity contribution in [3.8, 4) is 0 Å². The second-order valence-electron chi connectivity index (χ2n) is 10.4. The molecule has 170 valence electrons. The lowest BCUT2D eigenvalue weighted by Crippen LogP contribution is -2.49. The van der Waals surface area contributed by atoms with Crippen molar-refractivity contribution < 1.29 is 15.0 Å². The fraction of sp³-hybridized carbons (Fsp3) is 0.692. The van der Waals surface area contributed by atoms with Crippen molar-refractivity contribution in [3.05, 3.63) is 42.2 Å². The van der Waals surface area contributed by atoms with Crippen LogP contribution in [0.25, 0.3) is 0 Å². The van der Waals surface area contributed by atoms with E-state index in [0.29, 0.717) is 41.7 Å². The molecule has 31 heavy (non-hydrogen) atoms. The lowest BCUT2D eigenvalue weighted by atomic mass is 9.54. The molecule has 3 N–H and O–H groups in total. The maximum absolute atomic E-state index is 12.8. The number of aliphatic hydroxyl groups excluding tert-OH is 2. The number of aromatic nitrogens is 1. The van der Waals surface area contributed by atoms with E-state index in [4.69, 9.17) is 0 Å². The van der Waals surface area contributed by atoms with Crippen molar-refractivity contribution in [3.63, 3.8) is 0 Å². The van der Waals surface area contributed by atoms with Crippen molar-refractivity contribution in [2.45, 2.75) is 64.4 Å². The largest absolute Gasteiger partial charge is 0.396 e. The predicted octanol–water partition coefficient (Wildman–Crippen LogP) is 3.97. The normalized spacial score (nSPS) is 38.0. The third-order valence-electron chi connectivity index (χ3n) is 8.95. The molecule has 3 fully saturated rings. The molecular weight excluding hydrogens is 388 g/mol. The Morgan fingerprint density at radius 2 is 2.00 bits per heavy atom. The van der Waals surface area contributed by atoms with Gasteiger partial charge in [0.1, 0.15) is 0 Å². The first-order valence-electron chi connectivity index (χ1n) is 12.1. The minimum atomic E-state index is -0.238. The Hall–Kier alpha value is -1.72. The zero-order valence-corrected chi connectivity index (χ0v) is 18.8. The molecule has 0 spiro atoms. The fourth-order valence-corrected chi connectivity index (χ4v) is 7.19. The summed E-state index contributed by atoms with van der Waals surface area (Å²) in [5, 5.41) is 23.2. The number of aliphatic hydroxyl groups is 2. The lowest BCUT2D eigenvalue weighted by Gasteiger charge is -2.52. The highest BCUT2D eigenvalue weighted by atomic mass is 16.3. The molecule has 1 aromatic heterocycles. The number of nitrogens with zero attached hydrogens (tertiary/aromatic N) is 1. The lowest BCUT2D eigenvalue weighted by molar-refractivity contribution is -0.0282. The average molecular weight is 427 g/mol. The molecule has 3 aliphatic carbocycles. The van der Waals surface area contributed by atoms with Gasteiger partial charge in [-0.3, -0.25) is 9.78 Å². The molecule has 0 aliphatic heterocycles. The molecule has 5 heteroatoms. The Labute approximate surface area is 186 Å². The Morgan fingerprint density at radius 1 is 1.23 bits per heavy atom. The highest BCUT2D eigenvalue weighted by Gasteiger charge is 2.53. The van der Waals surface area contributed by atoms with E-state index in [0.717, 1.165) is 44.9 Å². The summed E-state index contributed by atoms with van der Waals surface area (Å²) in [5.74, 6) is 2.31. The fourth-order valence-electron chi connectivity index (χ4n) is 7.19. The zero-order chi connectivity index (χ0) is 22.0. The van der Waals surface area contributed by atoms with Crippen molar-refractivity contribution in [2.75, 3.05) is 13.2 Å². The predicted molar refractivity (Wildman–Crippen MR) is 121 cm³/mol. The molecule has 3 saturated carbocycles. The highest BCUT2D eigenvalue weighted by molar-refractivity contribution is 5.93. The number of nitrogens with one attached hydrogen (secondary N) is 1. The number of hydrogen-bond donors (Lipinski definition) is 3. The van der Waals surface area contributed by atoms with Gasteiger partial charge < -0.3 is 15.5 Å². The number of carbonyl (C=O) groups excluding carboxylic acids is 1. The van der Waals surface area contributed by atoms with E-state index in [2.05, 4.69) is 23.8 Å². The molecule has 0 aromatic carbocycles. The van der Waals surface area contributed by atoms with Crippen molar-refractivity contribution in [1.29, 1.82) is 0 Å². The van der Waals surface area contributed by atoms with Crippen LogP contribution < -0.4 is 5.32 Å². The summed E-state index contributed by atoms with van der Waals surface area (Å²) in [6.45, 7) is 7.67. The van der Waals surface area contributed by atoms with Crippen LogP contribution in [0, 0.1) is 35.0 Å². The average Bonchev–Trinajstić information content (AvgIpc) is 3.08. The van der Waals surface area contributed by atoms with E-state index >= 15 is 0 Å². The molecule has 3 aliphatic rings. The van der Waals surface area contributed by atoms with Gasteiger partial charge in [0.2, 0.25) is 0 Å². The van der Waals surface area contributed by atoms with Gasteiger partial charge in [0.05, 0.1) is 6.10 Å². The SMILES string of the molecule is C=C1CC[C@H]2[C@H](CNC(=O)c3ccncc3)[C@@H]([C@@H]3CC[C@H](O)C[C@@H]3CCO)CC[C@]12C. The Morgan fingerprint density at radius 3 is 2.74 bits per heavy atom. The molecule has 0 saturated heterocycles. The van der Waals surface area contributed by atoms with Crippen LogP contribution in [-0.4, -0.2) is 40.4 Å². The molecule has 0 bridgehead atoms. The molecule has 7 atom stereocenters. The molecule has 1 heterocycles. The highest BCUT2D eigenvalue weighted by Crippen LogP contribution is 2.60. The maximum atomic E-state index is 12.8. The van der Waals surface area contributed by atoms with E-state index in [1.807, 2.05) is 0 Å². The molecule has 4 rings (SSSR count). The Bertz CT molecular complexity index is 782. The second kappa shape index (κ2) is 9.41. The van der Waals surface area contributed by atoms with Crippen LogP contribution >= 0.6 is 0 Å². The summed E-state index contributed by atoms with van der Waals surface area (Å²) in [6, 6.07) is 3.52. The van der Waals surface area contributed by atoms with Crippen LogP contribution in [0.4, 0.5) is 0 Å². The zero-order valence-electron chi connectivity index (χ0n) is 18.8. The van der Waals surface area contributed by atoms with E-state index in [1.54, 1.807) is 24.5 Å². The summed E-state index contributed by atoms with van der Waals surface area (Å²) in [7, 11) is 0. The summed E-state index contributed by atoms with van der Waals surface area (Å²) in [6.07, 6.45) is 11.1. The van der Waals surface area contributed by atoms with Crippen LogP contribution in [0.5, 0.6) is 0 Å². The molecule has 5 nitrogen and oxygen atoms in total. The third kappa shape index (κ3) is 4.45. The van der Waals surface area contributed by atoms with E-state index in [9.17, 15) is 15.0 Å². The number of allylic oxidation sites excluding steroid dienone is 1. The first-order valence-corrected chi connectivity index (χ1v) is 12.1. The molecule has 0 unspecified atom stereocenters. The number of amides is 1. The van der Waals surface area contributed by atoms with E-state index < -0.39 is 0 Å². The topological polar surface area (TPSA) is 82.5 Å². The minimum absolute atomic E-state index is 0.0313. The van der Waals surface area contributed by atoms with Gasteiger partial charge in [-0.1, -0.05) is 19.1 Å². The van der Waals surface area contributed by atoms with Crippen LogP contribution in [0.2, 0.25) is 0 Å². The molecule has 0 radical (unpaired) electrons. The van der Waals surface area contributed by atoms with Crippen LogP contribution in [0.1, 0.15) is 68.6 Å². The number of fused-ring (bicyclic) bond motifs is 1. The Balaban J connectivity index is 1.56.